The zero-order valence-corrected chi connectivity index (χ0v) is 18.2. The molecule has 0 saturated carbocycles. The molecule has 33 heavy (non-hydrogen) atoms. The Kier molecular flexibility index (Phi) is 6.66. The summed E-state index contributed by atoms with van der Waals surface area (Å²) in [4.78, 5) is 23.6. The van der Waals surface area contributed by atoms with Gasteiger partial charge < -0.3 is 19.8 Å². The predicted molar refractivity (Wildman–Crippen MR) is 122 cm³/mol. The quantitative estimate of drug-likeness (QED) is 0.507. The Balaban J connectivity index is 1.37. The Morgan fingerprint density at radius 3 is 2.76 bits per heavy atom. The fourth-order valence-electron chi connectivity index (χ4n) is 3.80. The zero-order chi connectivity index (χ0) is 22.5. The van der Waals surface area contributed by atoms with E-state index in [4.69, 9.17) is 14.5 Å². The van der Waals surface area contributed by atoms with Crippen LogP contribution in [0.2, 0.25) is 0 Å². The lowest BCUT2D eigenvalue weighted by Crippen LogP contribution is -2.23. The molecule has 0 radical (unpaired) electrons. The molecule has 1 aromatic carbocycles. The summed E-state index contributed by atoms with van der Waals surface area (Å²) in [6.45, 7) is 4.62. The first-order chi connectivity index (χ1) is 16.3. The van der Waals surface area contributed by atoms with Gasteiger partial charge in [0.15, 0.2) is 5.82 Å². The Labute approximate surface area is 191 Å². The minimum Gasteiger partial charge on any atom is -0.354 e. The lowest BCUT2D eigenvalue weighted by atomic mass is 10.1. The van der Waals surface area contributed by atoms with Gasteiger partial charge >= 0.3 is 0 Å². The van der Waals surface area contributed by atoms with E-state index in [1.807, 2.05) is 12.3 Å². The highest BCUT2D eigenvalue weighted by Crippen LogP contribution is 2.32. The molecule has 0 bridgehead atoms. The highest BCUT2D eigenvalue weighted by atomic mass is 19.1. The van der Waals surface area contributed by atoms with Crippen molar-refractivity contribution in [2.24, 2.45) is 4.99 Å². The topological polar surface area (TPSA) is 101 Å². The summed E-state index contributed by atoms with van der Waals surface area (Å²) in [5.74, 6) is 0.797. The maximum absolute atomic E-state index is 13.5. The van der Waals surface area contributed by atoms with Crippen LogP contribution in [0.5, 0.6) is 0 Å². The summed E-state index contributed by atoms with van der Waals surface area (Å²) in [6, 6.07) is 8.05. The maximum atomic E-state index is 13.5. The third kappa shape index (κ3) is 5.24. The molecular weight excluding hydrogens is 425 g/mol. The van der Waals surface area contributed by atoms with Crippen molar-refractivity contribution < 1.29 is 13.9 Å². The first-order valence-electron chi connectivity index (χ1n) is 11.1. The van der Waals surface area contributed by atoms with Crippen molar-refractivity contribution in [3.8, 4) is 22.6 Å². The number of H-pyrrole nitrogens is 1. The van der Waals surface area contributed by atoms with E-state index >= 15 is 0 Å². The fourth-order valence-corrected chi connectivity index (χ4v) is 3.80. The second-order valence-electron chi connectivity index (χ2n) is 7.91. The van der Waals surface area contributed by atoms with Crippen LogP contribution in [-0.2, 0) is 9.47 Å². The van der Waals surface area contributed by atoms with Crippen LogP contribution in [0.25, 0.3) is 22.6 Å². The smallest absolute Gasteiger partial charge is 0.223 e. The number of imidazole rings is 1. The van der Waals surface area contributed by atoms with E-state index in [1.165, 1.54) is 12.1 Å². The predicted octanol–water partition coefficient (Wildman–Crippen LogP) is 3.25. The highest BCUT2D eigenvalue weighted by Gasteiger charge is 2.24. The minimum atomic E-state index is -0.569. The van der Waals surface area contributed by atoms with Crippen LogP contribution in [0.15, 0.2) is 41.5 Å². The number of hydrogen-bond donors (Lipinski definition) is 2. The second kappa shape index (κ2) is 10.2. The van der Waals surface area contributed by atoms with E-state index in [-0.39, 0.29) is 5.82 Å². The lowest BCUT2D eigenvalue weighted by Gasteiger charge is -2.21. The summed E-state index contributed by atoms with van der Waals surface area (Å²) < 4.78 is 25.0. The minimum absolute atomic E-state index is 0.302. The van der Waals surface area contributed by atoms with Crippen LogP contribution < -0.4 is 5.32 Å². The standard InChI is InChI=1S/C23H26FN7O2/c24-17-5-3-16(4-6-17)19-20(30-21(29-19)22-32-13-2-14-33-22)18-7-9-27-23(28-18)26-8-1-11-31-12-10-25-15-31/h3-7,9-10,22H,1-2,8,11-15H2,(H,29,30)(H,26,27,28). The molecule has 0 amide bonds. The average molecular weight is 452 g/mol. The summed E-state index contributed by atoms with van der Waals surface area (Å²) in [7, 11) is 0. The van der Waals surface area contributed by atoms with Crippen molar-refractivity contribution >= 4 is 12.2 Å². The van der Waals surface area contributed by atoms with Gasteiger partial charge in [0.05, 0.1) is 37.0 Å². The molecule has 0 atom stereocenters. The summed E-state index contributed by atoms with van der Waals surface area (Å²) in [5.41, 5.74) is 2.80. The number of aromatic amines is 1. The normalized spacial score (nSPS) is 17.0. The molecule has 1 fully saturated rings. The molecular formula is C23H26FN7O2. The van der Waals surface area contributed by atoms with Gasteiger partial charge in [0, 0.05) is 37.6 Å². The van der Waals surface area contributed by atoms with Crippen LogP contribution in [0.1, 0.15) is 25.0 Å². The Hall–Kier alpha value is -3.21. The largest absolute Gasteiger partial charge is 0.354 e. The number of halogens is 1. The van der Waals surface area contributed by atoms with Crippen LogP contribution in [-0.4, -0.2) is 70.6 Å². The number of anilines is 1. The van der Waals surface area contributed by atoms with E-state index in [1.54, 1.807) is 18.3 Å². The molecule has 2 aliphatic rings. The molecule has 172 valence electrons. The van der Waals surface area contributed by atoms with Gasteiger partial charge in [-0.05, 0) is 43.2 Å². The molecule has 2 N–H and O–H groups in total. The van der Waals surface area contributed by atoms with Crippen LogP contribution in [0, 0.1) is 5.82 Å². The molecule has 1 saturated heterocycles. The van der Waals surface area contributed by atoms with Gasteiger partial charge in [-0.2, -0.15) is 0 Å². The number of benzene rings is 1. The number of nitrogens with one attached hydrogen (secondary N) is 2. The number of rotatable bonds is 8. The molecule has 0 spiro atoms. The van der Waals surface area contributed by atoms with Crippen molar-refractivity contribution in [3.63, 3.8) is 0 Å². The van der Waals surface area contributed by atoms with Crippen LogP contribution in [0.4, 0.5) is 10.3 Å². The van der Waals surface area contributed by atoms with E-state index in [9.17, 15) is 4.39 Å². The van der Waals surface area contributed by atoms with Crippen LogP contribution in [0.3, 0.4) is 0 Å². The molecule has 9 nitrogen and oxygen atoms in total. The van der Waals surface area contributed by atoms with Crippen molar-refractivity contribution in [2.45, 2.75) is 19.1 Å². The van der Waals surface area contributed by atoms with Crippen molar-refractivity contribution in [2.75, 3.05) is 44.8 Å². The maximum Gasteiger partial charge on any atom is 0.223 e. The molecule has 2 aromatic heterocycles. The first-order valence-corrected chi connectivity index (χ1v) is 11.1. The van der Waals surface area contributed by atoms with E-state index < -0.39 is 6.29 Å². The number of nitrogens with zero attached hydrogens (tertiary/aromatic N) is 5. The van der Waals surface area contributed by atoms with E-state index in [2.05, 4.69) is 30.2 Å². The third-order valence-electron chi connectivity index (χ3n) is 5.49. The van der Waals surface area contributed by atoms with Crippen LogP contribution >= 0.6 is 0 Å². The van der Waals surface area contributed by atoms with E-state index in [0.29, 0.717) is 42.1 Å². The average Bonchev–Trinajstić information content (AvgIpc) is 3.54. The summed E-state index contributed by atoms with van der Waals surface area (Å²) in [5, 5.41) is 3.29. The van der Waals surface area contributed by atoms with Gasteiger partial charge in [-0.3, -0.25) is 9.89 Å². The summed E-state index contributed by atoms with van der Waals surface area (Å²) >= 11 is 0. The number of aliphatic imine (C=N–C) groups is 1. The van der Waals surface area contributed by atoms with Crippen molar-refractivity contribution in [3.05, 3.63) is 48.2 Å². The van der Waals surface area contributed by atoms with Crippen molar-refractivity contribution in [1.82, 2.24) is 24.8 Å². The van der Waals surface area contributed by atoms with Gasteiger partial charge in [-0.1, -0.05) is 0 Å². The SMILES string of the molecule is Fc1ccc(-c2nc(C3OCCCO3)[nH]c2-c2ccnc(NCCCN3CC=NC3)n2)cc1. The number of hydrogen-bond acceptors (Lipinski definition) is 8. The van der Waals surface area contributed by atoms with Gasteiger partial charge in [-0.25, -0.2) is 19.3 Å². The summed E-state index contributed by atoms with van der Waals surface area (Å²) in [6.07, 6.45) is 4.89. The zero-order valence-electron chi connectivity index (χ0n) is 18.2. The van der Waals surface area contributed by atoms with E-state index in [0.717, 1.165) is 44.7 Å². The van der Waals surface area contributed by atoms with Gasteiger partial charge in [0.25, 0.3) is 0 Å². The fraction of sp³-hybridized carbons (Fsp3) is 0.391. The highest BCUT2D eigenvalue weighted by molar-refractivity contribution is 5.77. The van der Waals surface area contributed by atoms with Gasteiger partial charge in [0.1, 0.15) is 5.82 Å². The number of ether oxygens (including phenoxy) is 2. The first kappa shape index (κ1) is 21.6. The third-order valence-corrected chi connectivity index (χ3v) is 5.49. The van der Waals surface area contributed by atoms with Gasteiger partial charge in [0.2, 0.25) is 12.2 Å². The monoisotopic (exact) mass is 451 g/mol. The molecule has 10 heteroatoms. The molecule has 5 rings (SSSR count). The molecule has 3 aromatic rings. The second-order valence-corrected chi connectivity index (χ2v) is 7.91. The Morgan fingerprint density at radius 1 is 1.12 bits per heavy atom. The molecule has 0 unspecified atom stereocenters. The van der Waals surface area contributed by atoms with Crippen molar-refractivity contribution in [1.29, 1.82) is 0 Å². The number of aromatic nitrogens is 4. The molecule has 2 aliphatic heterocycles. The Bertz CT molecular complexity index is 1090. The Morgan fingerprint density at radius 2 is 1.97 bits per heavy atom. The molecule has 0 aliphatic carbocycles. The lowest BCUT2D eigenvalue weighted by molar-refractivity contribution is -0.186. The van der Waals surface area contributed by atoms with Gasteiger partial charge in [-0.15, -0.1) is 0 Å². The molecule has 4 heterocycles.